The molecule has 0 saturated heterocycles. The fourth-order valence-corrected chi connectivity index (χ4v) is 3.38. The van der Waals surface area contributed by atoms with Gasteiger partial charge in [0.2, 0.25) is 0 Å². The van der Waals surface area contributed by atoms with Crippen LogP contribution in [-0.4, -0.2) is 45.1 Å². The topological polar surface area (TPSA) is 144 Å². The van der Waals surface area contributed by atoms with Gasteiger partial charge >= 0.3 is 5.97 Å². The minimum atomic E-state index is -0.173. The average Bonchev–Trinajstić information content (AvgIpc) is 3.03. The van der Waals surface area contributed by atoms with E-state index in [4.69, 9.17) is 20.9 Å². The molecule has 3 rings (SSSR count). The first-order valence-electron chi connectivity index (χ1n) is 9.10. The maximum atomic E-state index is 11.8. The second-order valence-corrected chi connectivity index (χ2v) is 6.83. The summed E-state index contributed by atoms with van der Waals surface area (Å²) in [6, 6.07) is 3.63. The van der Waals surface area contributed by atoms with E-state index in [1.165, 1.54) is 11.8 Å². The van der Waals surface area contributed by atoms with E-state index >= 15 is 0 Å². The first kappa shape index (κ1) is 19.6. The highest BCUT2D eigenvalue weighted by Gasteiger charge is 2.29. The van der Waals surface area contributed by atoms with Crippen molar-refractivity contribution in [3.63, 3.8) is 0 Å². The Morgan fingerprint density at radius 3 is 2.79 bits per heavy atom. The molecule has 10 heteroatoms. The van der Waals surface area contributed by atoms with Gasteiger partial charge in [-0.1, -0.05) is 5.21 Å². The zero-order valence-electron chi connectivity index (χ0n) is 16.3. The molecule has 2 aromatic rings. The van der Waals surface area contributed by atoms with Crippen LogP contribution < -0.4 is 16.2 Å². The van der Waals surface area contributed by atoms with Gasteiger partial charge < -0.3 is 20.9 Å². The number of pyridine rings is 1. The fraction of sp³-hybridized carbons (Fsp3) is 0.500. The highest BCUT2D eigenvalue weighted by molar-refractivity contribution is 5.81. The molecule has 1 saturated carbocycles. The molecule has 28 heavy (non-hydrogen) atoms. The molecule has 1 aliphatic rings. The van der Waals surface area contributed by atoms with Crippen LogP contribution in [0.2, 0.25) is 0 Å². The zero-order valence-corrected chi connectivity index (χ0v) is 16.3. The minimum Gasteiger partial charge on any atom is -0.489 e. The maximum Gasteiger partial charge on any atom is 0.308 e. The number of methoxy groups -OCH3 is 1. The summed E-state index contributed by atoms with van der Waals surface area (Å²) < 4.78 is 12.5. The van der Waals surface area contributed by atoms with Crippen LogP contribution in [-0.2, 0) is 16.6 Å². The molecule has 2 atom stereocenters. The van der Waals surface area contributed by atoms with Gasteiger partial charge in [0.05, 0.1) is 30.5 Å². The molecule has 150 valence electrons. The summed E-state index contributed by atoms with van der Waals surface area (Å²) in [5.41, 5.74) is 12.8. The third-order valence-corrected chi connectivity index (χ3v) is 4.77. The van der Waals surface area contributed by atoms with Gasteiger partial charge in [-0.3, -0.25) is 4.79 Å². The lowest BCUT2D eigenvalue weighted by Gasteiger charge is -2.28. The Labute approximate surface area is 162 Å². The number of nitrogens with zero attached hydrogens (tertiary/aromatic N) is 5. The molecule has 0 bridgehead atoms. The highest BCUT2D eigenvalue weighted by atomic mass is 16.5. The fourth-order valence-electron chi connectivity index (χ4n) is 3.38. The van der Waals surface area contributed by atoms with Gasteiger partial charge in [0.1, 0.15) is 5.75 Å². The number of aromatic nitrogens is 4. The molecule has 10 nitrogen and oxygen atoms in total. The van der Waals surface area contributed by atoms with Crippen molar-refractivity contribution >= 4 is 17.7 Å². The lowest BCUT2D eigenvalue weighted by Crippen LogP contribution is -2.30. The summed E-state index contributed by atoms with van der Waals surface area (Å²) in [5, 5.41) is 8.06. The van der Waals surface area contributed by atoms with Crippen molar-refractivity contribution < 1.29 is 14.3 Å². The van der Waals surface area contributed by atoms with Gasteiger partial charge in [0.25, 0.3) is 0 Å². The molecule has 0 amide bonds. The predicted octanol–water partition coefficient (Wildman–Crippen LogP) is 1.20. The van der Waals surface area contributed by atoms with E-state index < -0.39 is 0 Å². The lowest BCUT2D eigenvalue weighted by atomic mass is 9.87. The van der Waals surface area contributed by atoms with E-state index in [0.717, 1.165) is 19.3 Å². The van der Waals surface area contributed by atoms with Gasteiger partial charge in [0, 0.05) is 7.05 Å². The van der Waals surface area contributed by atoms with E-state index in [1.807, 2.05) is 13.0 Å². The lowest BCUT2D eigenvalue weighted by molar-refractivity contribution is -0.147. The molecule has 2 aromatic heterocycles. The third-order valence-electron chi connectivity index (χ3n) is 4.77. The zero-order chi connectivity index (χ0) is 20.3. The molecule has 4 N–H and O–H groups in total. The number of hydrogen-bond acceptors (Lipinski definition) is 7. The highest BCUT2D eigenvalue weighted by Crippen LogP contribution is 2.32. The first-order valence-corrected chi connectivity index (χ1v) is 9.10. The molecular formula is C18H25N7O3. The summed E-state index contributed by atoms with van der Waals surface area (Å²) in [4.78, 5) is 20.5. The molecule has 1 fully saturated rings. The van der Waals surface area contributed by atoms with Crippen molar-refractivity contribution in [1.82, 2.24) is 20.0 Å². The Morgan fingerprint density at radius 2 is 2.11 bits per heavy atom. The molecule has 0 radical (unpaired) electrons. The standard InChI is InChI=1S/C18H25N7O3/c1-10-14(28-12-6-4-5-11(9-12)17(26)27-3)8-7-13(21-10)15-16(22-18(19)20)25(2)24-23-15/h7-8,11-12H,4-6,9H2,1-3H3,(H4,19,20,22)/t11-,12-/m0/s1. The number of rotatable bonds is 5. The predicted molar refractivity (Wildman–Crippen MR) is 103 cm³/mol. The van der Waals surface area contributed by atoms with Crippen LogP contribution in [0, 0.1) is 12.8 Å². The Bertz CT molecular complexity index is 889. The normalized spacial score (nSPS) is 19.1. The summed E-state index contributed by atoms with van der Waals surface area (Å²) in [7, 11) is 3.12. The molecule has 0 unspecified atom stereocenters. The molecule has 0 aromatic carbocycles. The van der Waals surface area contributed by atoms with E-state index in [-0.39, 0.29) is 24.0 Å². The number of carbonyl (C=O) groups is 1. The van der Waals surface area contributed by atoms with Crippen molar-refractivity contribution in [2.75, 3.05) is 7.11 Å². The maximum absolute atomic E-state index is 11.8. The van der Waals surface area contributed by atoms with Gasteiger partial charge in [0.15, 0.2) is 17.5 Å². The van der Waals surface area contributed by atoms with E-state index in [9.17, 15) is 4.79 Å². The number of nitrogens with two attached hydrogens (primary N) is 2. The SMILES string of the molecule is COC(=O)[C@H]1CCC[C@H](Oc2ccc(-c3nnn(C)c3N=C(N)N)nc2C)C1. The van der Waals surface area contributed by atoms with Crippen LogP contribution >= 0.6 is 0 Å². The Morgan fingerprint density at radius 1 is 1.32 bits per heavy atom. The summed E-state index contributed by atoms with van der Waals surface area (Å²) in [6.07, 6.45) is 3.26. The largest absolute Gasteiger partial charge is 0.489 e. The Balaban J connectivity index is 1.78. The van der Waals surface area contributed by atoms with E-state index in [1.54, 1.807) is 13.1 Å². The Kier molecular flexibility index (Phi) is 5.76. The minimum absolute atomic E-state index is 0.0436. The van der Waals surface area contributed by atoms with Crippen molar-refractivity contribution in [1.29, 1.82) is 0 Å². The van der Waals surface area contributed by atoms with Crippen LogP contribution in [0.5, 0.6) is 5.75 Å². The van der Waals surface area contributed by atoms with Crippen molar-refractivity contribution in [2.45, 2.75) is 38.7 Å². The summed E-state index contributed by atoms with van der Waals surface area (Å²) in [6.45, 7) is 1.86. The van der Waals surface area contributed by atoms with Crippen LogP contribution in [0.15, 0.2) is 17.1 Å². The van der Waals surface area contributed by atoms with Gasteiger partial charge in [-0.25, -0.2) is 9.67 Å². The molecule has 1 aliphatic carbocycles. The number of aliphatic imine (C=N–C) groups is 1. The number of hydrogen-bond donors (Lipinski definition) is 2. The third kappa shape index (κ3) is 4.21. The average molecular weight is 387 g/mol. The van der Waals surface area contributed by atoms with Crippen molar-refractivity contribution in [2.24, 2.45) is 29.4 Å². The monoisotopic (exact) mass is 387 g/mol. The number of esters is 1. The van der Waals surface area contributed by atoms with Crippen LogP contribution in [0.3, 0.4) is 0 Å². The molecule has 0 spiro atoms. The second kappa shape index (κ2) is 8.24. The van der Waals surface area contributed by atoms with Gasteiger partial charge in [-0.2, -0.15) is 4.99 Å². The Hall–Kier alpha value is -3.17. The number of ether oxygens (including phenoxy) is 2. The van der Waals surface area contributed by atoms with Crippen LogP contribution in [0.1, 0.15) is 31.4 Å². The van der Waals surface area contributed by atoms with Crippen LogP contribution in [0.25, 0.3) is 11.4 Å². The summed E-state index contributed by atoms with van der Waals surface area (Å²) >= 11 is 0. The quantitative estimate of drug-likeness (QED) is 0.442. The number of guanidine groups is 1. The molecule has 0 aliphatic heterocycles. The van der Waals surface area contributed by atoms with Gasteiger partial charge in [-0.15, -0.1) is 5.10 Å². The van der Waals surface area contributed by atoms with E-state index in [0.29, 0.717) is 35.1 Å². The molecular weight excluding hydrogens is 362 g/mol. The molecule has 2 heterocycles. The first-order chi connectivity index (χ1) is 13.4. The van der Waals surface area contributed by atoms with Crippen LogP contribution in [0.4, 0.5) is 5.82 Å². The van der Waals surface area contributed by atoms with E-state index in [2.05, 4.69) is 20.3 Å². The number of carbonyl (C=O) groups excluding carboxylic acids is 1. The smallest absolute Gasteiger partial charge is 0.308 e. The second-order valence-electron chi connectivity index (χ2n) is 6.83. The van der Waals surface area contributed by atoms with Crippen molar-refractivity contribution in [3.8, 4) is 17.1 Å². The number of aryl methyl sites for hydroxylation is 2. The van der Waals surface area contributed by atoms with Gasteiger partial charge in [-0.05, 0) is 44.7 Å². The van der Waals surface area contributed by atoms with Crippen molar-refractivity contribution in [3.05, 3.63) is 17.8 Å². The summed E-state index contributed by atoms with van der Waals surface area (Å²) in [5.74, 6) is 0.729.